The van der Waals surface area contributed by atoms with E-state index in [1.54, 1.807) is 0 Å². The third-order valence-corrected chi connectivity index (χ3v) is 2.52. The van der Waals surface area contributed by atoms with Crippen LogP contribution >= 0.6 is 0 Å². The SMILES string of the molecule is C/C=C/C(CCCC)c1ccccc1. The van der Waals surface area contributed by atoms with Crippen LogP contribution in [0.4, 0.5) is 0 Å². The minimum Gasteiger partial charge on any atom is -0.0910 e. The van der Waals surface area contributed by atoms with E-state index in [2.05, 4.69) is 56.3 Å². The van der Waals surface area contributed by atoms with Crippen molar-refractivity contribution >= 4 is 0 Å². The molecule has 0 nitrogen and oxygen atoms in total. The van der Waals surface area contributed by atoms with Crippen molar-refractivity contribution in [2.75, 3.05) is 0 Å². The van der Waals surface area contributed by atoms with Crippen molar-refractivity contribution in [1.29, 1.82) is 0 Å². The lowest BCUT2D eigenvalue weighted by molar-refractivity contribution is 0.663. The summed E-state index contributed by atoms with van der Waals surface area (Å²) >= 11 is 0. The Labute approximate surface area is 87.7 Å². The van der Waals surface area contributed by atoms with E-state index in [0.717, 1.165) is 0 Å². The van der Waals surface area contributed by atoms with Gasteiger partial charge in [-0.25, -0.2) is 0 Å². The minimum absolute atomic E-state index is 0.612. The van der Waals surface area contributed by atoms with Crippen molar-refractivity contribution in [1.82, 2.24) is 0 Å². The summed E-state index contributed by atoms with van der Waals surface area (Å²) in [6.07, 6.45) is 8.33. The first-order chi connectivity index (χ1) is 6.88. The molecule has 1 atom stereocenters. The third-order valence-electron chi connectivity index (χ3n) is 2.52. The largest absolute Gasteiger partial charge is 0.0910 e. The van der Waals surface area contributed by atoms with Gasteiger partial charge in [0.2, 0.25) is 0 Å². The van der Waals surface area contributed by atoms with E-state index >= 15 is 0 Å². The lowest BCUT2D eigenvalue weighted by atomic mass is 9.93. The molecule has 0 N–H and O–H groups in total. The van der Waals surface area contributed by atoms with Gasteiger partial charge in [-0.15, -0.1) is 0 Å². The monoisotopic (exact) mass is 188 g/mol. The highest BCUT2D eigenvalue weighted by atomic mass is 14.1. The number of hydrogen-bond acceptors (Lipinski definition) is 0. The Bertz CT molecular complexity index is 259. The Balaban J connectivity index is 2.67. The van der Waals surface area contributed by atoms with Gasteiger partial charge < -0.3 is 0 Å². The summed E-state index contributed by atoms with van der Waals surface area (Å²) < 4.78 is 0. The van der Waals surface area contributed by atoms with Crippen molar-refractivity contribution in [2.24, 2.45) is 0 Å². The Kier molecular flexibility index (Phi) is 5.06. The Hall–Kier alpha value is -1.04. The molecule has 0 aromatic heterocycles. The molecule has 0 saturated heterocycles. The molecular weight excluding hydrogens is 168 g/mol. The zero-order chi connectivity index (χ0) is 10.2. The maximum atomic E-state index is 2.31. The van der Waals surface area contributed by atoms with Crippen molar-refractivity contribution in [3.8, 4) is 0 Å². The molecule has 1 rings (SSSR count). The Morgan fingerprint density at radius 2 is 1.93 bits per heavy atom. The van der Waals surface area contributed by atoms with Crippen LogP contribution in [0.15, 0.2) is 42.5 Å². The van der Waals surface area contributed by atoms with Crippen LogP contribution in [-0.4, -0.2) is 0 Å². The molecule has 0 amide bonds. The minimum atomic E-state index is 0.612. The number of hydrogen-bond donors (Lipinski definition) is 0. The number of rotatable bonds is 5. The molecule has 0 aliphatic carbocycles. The normalized spacial score (nSPS) is 13.3. The third kappa shape index (κ3) is 3.37. The molecule has 0 spiro atoms. The zero-order valence-electron chi connectivity index (χ0n) is 9.24. The van der Waals surface area contributed by atoms with Gasteiger partial charge in [0.25, 0.3) is 0 Å². The number of allylic oxidation sites excluding steroid dienone is 2. The van der Waals surface area contributed by atoms with Crippen molar-refractivity contribution in [2.45, 2.75) is 39.0 Å². The lowest BCUT2D eigenvalue weighted by Gasteiger charge is -2.12. The fourth-order valence-electron chi connectivity index (χ4n) is 1.73. The lowest BCUT2D eigenvalue weighted by Crippen LogP contribution is -1.94. The highest BCUT2D eigenvalue weighted by Gasteiger charge is 2.05. The Morgan fingerprint density at radius 1 is 1.21 bits per heavy atom. The molecule has 0 radical (unpaired) electrons. The quantitative estimate of drug-likeness (QED) is 0.595. The molecule has 0 bridgehead atoms. The van der Waals surface area contributed by atoms with Crippen LogP contribution in [0.1, 0.15) is 44.6 Å². The van der Waals surface area contributed by atoms with Gasteiger partial charge >= 0.3 is 0 Å². The summed E-state index contributed by atoms with van der Waals surface area (Å²) in [6, 6.07) is 10.8. The van der Waals surface area contributed by atoms with Crippen LogP contribution in [0, 0.1) is 0 Å². The predicted octanol–water partition coefficient (Wildman–Crippen LogP) is 4.54. The topological polar surface area (TPSA) is 0 Å². The second-order valence-corrected chi connectivity index (χ2v) is 3.69. The first-order valence-corrected chi connectivity index (χ1v) is 5.56. The number of unbranched alkanes of at least 4 members (excludes halogenated alkanes) is 1. The Morgan fingerprint density at radius 3 is 2.50 bits per heavy atom. The van der Waals surface area contributed by atoms with Gasteiger partial charge in [0, 0.05) is 5.92 Å². The van der Waals surface area contributed by atoms with Crippen molar-refractivity contribution in [3.63, 3.8) is 0 Å². The molecule has 0 heterocycles. The summed E-state index contributed by atoms with van der Waals surface area (Å²) in [5.74, 6) is 0.612. The van der Waals surface area contributed by atoms with Crippen molar-refractivity contribution < 1.29 is 0 Å². The van der Waals surface area contributed by atoms with E-state index in [-0.39, 0.29) is 0 Å². The summed E-state index contributed by atoms with van der Waals surface area (Å²) in [5.41, 5.74) is 1.44. The van der Waals surface area contributed by atoms with Crippen LogP contribution in [0.2, 0.25) is 0 Å². The van der Waals surface area contributed by atoms with Gasteiger partial charge in [-0.1, -0.05) is 62.2 Å². The van der Waals surface area contributed by atoms with Crippen LogP contribution < -0.4 is 0 Å². The van der Waals surface area contributed by atoms with Gasteiger partial charge in [0.1, 0.15) is 0 Å². The maximum Gasteiger partial charge on any atom is 0.00178 e. The second kappa shape index (κ2) is 6.42. The molecule has 76 valence electrons. The van der Waals surface area contributed by atoms with Gasteiger partial charge in [-0.05, 0) is 18.9 Å². The molecule has 1 aromatic carbocycles. The average Bonchev–Trinajstić information content (AvgIpc) is 2.25. The van der Waals surface area contributed by atoms with Crippen LogP contribution in [-0.2, 0) is 0 Å². The smallest absolute Gasteiger partial charge is 0.00178 e. The molecule has 0 saturated carbocycles. The maximum absolute atomic E-state index is 2.31. The van der Waals surface area contributed by atoms with Gasteiger partial charge in [0.05, 0.1) is 0 Å². The highest BCUT2D eigenvalue weighted by Crippen LogP contribution is 2.23. The van der Waals surface area contributed by atoms with Gasteiger partial charge in [-0.3, -0.25) is 0 Å². The first kappa shape index (κ1) is 11.0. The van der Waals surface area contributed by atoms with E-state index in [1.165, 1.54) is 24.8 Å². The summed E-state index contributed by atoms with van der Waals surface area (Å²) in [5, 5.41) is 0. The second-order valence-electron chi connectivity index (χ2n) is 3.69. The molecule has 1 aromatic rings. The summed E-state index contributed by atoms with van der Waals surface area (Å²) in [4.78, 5) is 0. The fraction of sp³-hybridized carbons (Fsp3) is 0.429. The molecular formula is C14H20. The standard InChI is InChI=1S/C14H20/c1-3-5-10-13(9-4-2)14-11-7-6-8-12-14/h4,6-9,11-13H,3,5,10H2,1-2H3/b9-4+. The van der Waals surface area contributed by atoms with E-state index in [1.807, 2.05) is 0 Å². The summed E-state index contributed by atoms with van der Waals surface area (Å²) in [7, 11) is 0. The van der Waals surface area contributed by atoms with E-state index in [9.17, 15) is 0 Å². The average molecular weight is 188 g/mol. The molecule has 1 unspecified atom stereocenters. The van der Waals surface area contributed by atoms with E-state index in [4.69, 9.17) is 0 Å². The van der Waals surface area contributed by atoms with Crippen LogP contribution in [0.3, 0.4) is 0 Å². The van der Waals surface area contributed by atoms with Gasteiger partial charge in [0.15, 0.2) is 0 Å². The number of benzene rings is 1. The molecule has 0 heteroatoms. The molecule has 0 aliphatic heterocycles. The van der Waals surface area contributed by atoms with Crippen molar-refractivity contribution in [3.05, 3.63) is 48.0 Å². The highest BCUT2D eigenvalue weighted by molar-refractivity contribution is 5.23. The molecule has 0 fully saturated rings. The van der Waals surface area contributed by atoms with E-state index < -0.39 is 0 Å². The molecule has 14 heavy (non-hydrogen) atoms. The molecule has 0 aliphatic rings. The van der Waals surface area contributed by atoms with Gasteiger partial charge in [-0.2, -0.15) is 0 Å². The fourth-order valence-corrected chi connectivity index (χ4v) is 1.73. The van der Waals surface area contributed by atoms with Crippen LogP contribution in [0.25, 0.3) is 0 Å². The van der Waals surface area contributed by atoms with Crippen LogP contribution in [0.5, 0.6) is 0 Å². The van der Waals surface area contributed by atoms with E-state index in [0.29, 0.717) is 5.92 Å². The predicted molar refractivity (Wildman–Crippen MR) is 63.5 cm³/mol. The first-order valence-electron chi connectivity index (χ1n) is 5.56. The summed E-state index contributed by atoms with van der Waals surface area (Å²) in [6.45, 7) is 4.35. The zero-order valence-corrected chi connectivity index (χ0v) is 9.24.